The predicted molar refractivity (Wildman–Crippen MR) is 89.2 cm³/mol. The number of carbonyl (C=O) groups excluding carboxylic acids is 1. The highest BCUT2D eigenvalue weighted by Gasteiger charge is 2.21. The van der Waals surface area contributed by atoms with Crippen LogP contribution in [0.15, 0.2) is 11.0 Å². The Kier molecular flexibility index (Phi) is 4.79. The third-order valence-electron chi connectivity index (χ3n) is 4.03. The topological polar surface area (TPSA) is 94.3 Å². The number of hydrogen-bond donors (Lipinski definition) is 1. The second-order valence-electron chi connectivity index (χ2n) is 5.54. The number of ether oxygens (including phenoxy) is 1. The van der Waals surface area contributed by atoms with E-state index in [1.807, 2.05) is 11.5 Å². The summed E-state index contributed by atoms with van der Waals surface area (Å²) in [5.74, 6) is 0.304. The maximum atomic E-state index is 12.7. The van der Waals surface area contributed by atoms with E-state index >= 15 is 0 Å². The van der Waals surface area contributed by atoms with Crippen molar-refractivity contribution in [1.82, 2.24) is 24.6 Å². The van der Waals surface area contributed by atoms with Crippen LogP contribution in [0.5, 0.6) is 0 Å². The number of nitrogens with one attached hydrogen (secondary N) is 1. The number of aryl methyl sites for hydroxylation is 1. The number of fused-ring (bicyclic) bond motifs is 1. The molecule has 9 nitrogen and oxygen atoms in total. The molecule has 0 radical (unpaired) electrons. The standard InChI is InChI=1S/C15H22N6O3/c1-3-20-13-11(18-15(20)19-7-5-16-6-8-19)9-17-21(14(13)23)10-12(22)24-4-2/h9,16H,3-8,10H2,1-2H3. The van der Waals surface area contributed by atoms with Gasteiger partial charge in [-0.25, -0.2) is 9.67 Å². The first kappa shape index (κ1) is 16.4. The first-order valence-corrected chi connectivity index (χ1v) is 8.23. The minimum Gasteiger partial charge on any atom is -0.465 e. The second kappa shape index (κ2) is 7.00. The van der Waals surface area contributed by atoms with Crippen LogP contribution in [0, 0.1) is 0 Å². The average Bonchev–Trinajstić information content (AvgIpc) is 2.98. The molecule has 0 unspecified atom stereocenters. The summed E-state index contributed by atoms with van der Waals surface area (Å²) >= 11 is 0. The van der Waals surface area contributed by atoms with E-state index in [0.717, 1.165) is 36.8 Å². The third kappa shape index (κ3) is 2.99. The van der Waals surface area contributed by atoms with Crippen molar-refractivity contribution in [2.45, 2.75) is 26.9 Å². The maximum Gasteiger partial charge on any atom is 0.327 e. The zero-order valence-corrected chi connectivity index (χ0v) is 14.0. The lowest BCUT2D eigenvalue weighted by Crippen LogP contribution is -2.44. The van der Waals surface area contributed by atoms with Crippen molar-refractivity contribution in [3.63, 3.8) is 0 Å². The minimum atomic E-state index is -0.476. The Labute approximate surface area is 139 Å². The molecule has 9 heteroatoms. The fraction of sp³-hybridized carbons (Fsp3) is 0.600. The minimum absolute atomic E-state index is 0.194. The van der Waals surface area contributed by atoms with Gasteiger partial charge < -0.3 is 19.5 Å². The Balaban J connectivity index is 2.03. The summed E-state index contributed by atoms with van der Waals surface area (Å²) in [6.07, 6.45) is 1.54. The Bertz CT molecular complexity index is 790. The van der Waals surface area contributed by atoms with E-state index in [-0.39, 0.29) is 18.7 Å². The molecule has 3 heterocycles. The van der Waals surface area contributed by atoms with Crippen molar-refractivity contribution < 1.29 is 9.53 Å². The largest absolute Gasteiger partial charge is 0.465 e. The van der Waals surface area contributed by atoms with E-state index in [0.29, 0.717) is 17.6 Å². The highest BCUT2D eigenvalue weighted by molar-refractivity contribution is 5.77. The van der Waals surface area contributed by atoms with E-state index in [1.165, 1.54) is 6.20 Å². The summed E-state index contributed by atoms with van der Waals surface area (Å²) in [7, 11) is 0. The molecule has 0 bridgehead atoms. The van der Waals surface area contributed by atoms with Crippen LogP contribution in [-0.2, 0) is 22.6 Å². The van der Waals surface area contributed by atoms with Crippen LogP contribution < -0.4 is 15.8 Å². The summed E-state index contributed by atoms with van der Waals surface area (Å²) in [6, 6.07) is 0. The number of piperazine rings is 1. The van der Waals surface area contributed by atoms with Crippen molar-refractivity contribution in [2.75, 3.05) is 37.7 Å². The lowest BCUT2D eigenvalue weighted by molar-refractivity contribution is -0.144. The highest BCUT2D eigenvalue weighted by atomic mass is 16.5. The van der Waals surface area contributed by atoms with Gasteiger partial charge in [0.25, 0.3) is 5.56 Å². The van der Waals surface area contributed by atoms with E-state index in [4.69, 9.17) is 4.74 Å². The lowest BCUT2D eigenvalue weighted by Gasteiger charge is -2.28. The van der Waals surface area contributed by atoms with E-state index in [1.54, 1.807) is 6.92 Å². The Hall–Kier alpha value is -2.42. The summed E-state index contributed by atoms with van der Waals surface area (Å²) in [6.45, 7) is 7.86. The van der Waals surface area contributed by atoms with Crippen LogP contribution >= 0.6 is 0 Å². The van der Waals surface area contributed by atoms with E-state index in [2.05, 4.69) is 20.3 Å². The molecule has 2 aromatic rings. The van der Waals surface area contributed by atoms with Gasteiger partial charge in [-0.15, -0.1) is 0 Å². The predicted octanol–water partition coefficient (Wildman–Crippen LogP) is -0.414. The molecule has 1 fully saturated rings. The van der Waals surface area contributed by atoms with Crippen molar-refractivity contribution in [2.24, 2.45) is 0 Å². The molecule has 0 atom stereocenters. The molecule has 1 aliphatic rings. The second-order valence-corrected chi connectivity index (χ2v) is 5.54. The summed E-state index contributed by atoms with van der Waals surface area (Å²) < 4.78 is 7.92. The van der Waals surface area contributed by atoms with Crippen LogP contribution in [0.3, 0.4) is 0 Å². The van der Waals surface area contributed by atoms with Crippen LogP contribution in [0.4, 0.5) is 5.95 Å². The molecule has 24 heavy (non-hydrogen) atoms. The molecule has 0 saturated carbocycles. The quantitative estimate of drug-likeness (QED) is 0.743. The zero-order valence-electron chi connectivity index (χ0n) is 14.0. The Morgan fingerprint density at radius 3 is 2.75 bits per heavy atom. The van der Waals surface area contributed by atoms with Crippen molar-refractivity contribution in [3.05, 3.63) is 16.6 Å². The summed E-state index contributed by atoms with van der Waals surface area (Å²) in [5, 5.41) is 7.36. The van der Waals surface area contributed by atoms with Crippen molar-refractivity contribution >= 4 is 23.0 Å². The number of hydrogen-bond acceptors (Lipinski definition) is 7. The Morgan fingerprint density at radius 1 is 1.33 bits per heavy atom. The van der Waals surface area contributed by atoms with Gasteiger partial charge in [0.05, 0.1) is 12.8 Å². The Morgan fingerprint density at radius 2 is 2.08 bits per heavy atom. The van der Waals surface area contributed by atoms with Crippen LogP contribution in [0.1, 0.15) is 13.8 Å². The van der Waals surface area contributed by atoms with E-state index in [9.17, 15) is 9.59 Å². The van der Waals surface area contributed by atoms with Crippen molar-refractivity contribution in [1.29, 1.82) is 0 Å². The normalized spacial score (nSPS) is 15.0. The molecule has 2 aromatic heterocycles. The van der Waals surface area contributed by atoms with Gasteiger partial charge in [-0.2, -0.15) is 5.10 Å². The number of esters is 1. The number of aromatic nitrogens is 4. The molecule has 0 aliphatic carbocycles. The van der Waals surface area contributed by atoms with Gasteiger partial charge in [0.2, 0.25) is 5.95 Å². The first-order valence-electron chi connectivity index (χ1n) is 8.23. The van der Waals surface area contributed by atoms with Gasteiger partial charge in [-0.1, -0.05) is 0 Å². The lowest BCUT2D eigenvalue weighted by atomic mass is 10.4. The molecule has 1 N–H and O–H groups in total. The van der Waals surface area contributed by atoms with E-state index < -0.39 is 5.97 Å². The van der Waals surface area contributed by atoms with Gasteiger partial charge in [0, 0.05) is 32.7 Å². The fourth-order valence-corrected chi connectivity index (χ4v) is 2.92. The number of imidazole rings is 1. The van der Waals surface area contributed by atoms with Crippen LogP contribution in [0.2, 0.25) is 0 Å². The molecule has 1 saturated heterocycles. The molecule has 0 aromatic carbocycles. The molecule has 1 aliphatic heterocycles. The molecule has 3 rings (SSSR count). The third-order valence-corrected chi connectivity index (χ3v) is 4.03. The molecule has 0 amide bonds. The van der Waals surface area contributed by atoms with Crippen LogP contribution in [-0.4, -0.2) is 58.1 Å². The molecule has 0 spiro atoms. The van der Waals surface area contributed by atoms with Gasteiger partial charge in [-0.3, -0.25) is 9.59 Å². The number of nitrogens with zero attached hydrogens (tertiary/aromatic N) is 5. The SMILES string of the molecule is CCOC(=O)Cn1ncc2nc(N3CCNCC3)n(CC)c2c1=O. The van der Waals surface area contributed by atoms with Gasteiger partial charge in [-0.05, 0) is 13.8 Å². The molecule has 130 valence electrons. The molecular formula is C15H22N6O3. The zero-order chi connectivity index (χ0) is 17.1. The fourth-order valence-electron chi connectivity index (χ4n) is 2.92. The number of anilines is 1. The van der Waals surface area contributed by atoms with Gasteiger partial charge in [0.1, 0.15) is 17.6 Å². The smallest absolute Gasteiger partial charge is 0.327 e. The summed E-state index contributed by atoms with van der Waals surface area (Å²) in [5.41, 5.74) is 0.706. The number of carbonyl (C=O) groups is 1. The van der Waals surface area contributed by atoms with Gasteiger partial charge >= 0.3 is 5.97 Å². The van der Waals surface area contributed by atoms with Crippen LogP contribution in [0.25, 0.3) is 11.0 Å². The monoisotopic (exact) mass is 334 g/mol. The number of rotatable bonds is 5. The molecular weight excluding hydrogens is 312 g/mol. The maximum absolute atomic E-state index is 12.7. The first-order chi connectivity index (χ1) is 11.7. The summed E-state index contributed by atoms with van der Waals surface area (Å²) in [4.78, 5) is 31.1. The average molecular weight is 334 g/mol. The van der Waals surface area contributed by atoms with Gasteiger partial charge in [0.15, 0.2) is 0 Å². The highest BCUT2D eigenvalue weighted by Crippen LogP contribution is 2.20. The van der Waals surface area contributed by atoms with Crippen molar-refractivity contribution in [3.8, 4) is 0 Å².